The molecule has 0 saturated heterocycles. The topological polar surface area (TPSA) is 64.6 Å². The van der Waals surface area contributed by atoms with Gasteiger partial charge in [0.2, 0.25) is 0 Å². The molecule has 0 aliphatic rings. The van der Waals surface area contributed by atoms with Gasteiger partial charge in [0, 0.05) is 0 Å². The number of carbonyl (C=O) groups is 2. The fraction of sp³-hybridized carbons (Fsp3) is 0.500. The minimum absolute atomic E-state index is 0.176. The van der Waals surface area contributed by atoms with Gasteiger partial charge in [0.25, 0.3) is 0 Å². The number of rotatable bonds is 8. The Balaban J connectivity index is 2.42. The molecular formula is C16H23NO4. The Morgan fingerprint density at radius 3 is 2.43 bits per heavy atom. The smallest absolute Gasteiger partial charge is 0.408 e. The monoisotopic (exact) mass is 293 g/mol. The summed E-state index contributed by atoms with van der Waals surface area (Å²) < 4.78 is 10.2. The van der Waals surface area contributed by atoms with Gasteiger partial charge in [0.1, 0.15) is 12.6 Å². The van der Waals surface area contributed by atoms with Crippen LogP contribution in [0.2, 0.25) is 0 Å². The molecule has 1 amide bonds. The maximum absolute atomic E-state index is 11.8. The van der Waals surface area contributed by atoms with Gasteiger partial charge in [-0.1, -0.05) is 50.6 Å². The molecule has 116 valence electrons. The van der Waals surface area contributed by atoms with Crippen LogP contribution in [0.15, 0.2) is 30.3 Å². The van der Waals surface area contributed by atoms with Crippen molar-refractivity contribution in [1.82, 2.24) is 5.32 Å². The van der Waals surface area contributed by atoms with E-state index in [-0.39, 0.29) is 6.61 Å². The molecule has 0 aromatic heterocycles. The minimum Gasteiger partial charge on any atom is -0.464 e. The molecule has 1 aromatic rings. The lowest BCUT2D eigenvalue weighted by Crippen LogP contribution is -2.42. The summed E-state index contributed by atoms with van der Waals surface area (Å²) in [6.45, 7) is 4.40. The first-order chi connectivity index (χ1) is 10.2. The summed E-state index contributed by atoms with van der Waals surface area (Å²) >= 11 is 0. The third kappa shape index (κ3) is 6.79. The van der Waals surface area contributed by atoms with Gasteiger partial charge >= 0.3 is 12.1 Å². The molecule has 0 aliphatic heterocycles. The Bertz CT molecular complexity index is 433. The average Bonchev–Trinajstić information content (AvgIpc) is 2.51. The van der Waals surface area contributed by atoms with Gasteiger partial charge < -0.3 is 14.8 Å². The highest BCUT2D eigenvalue weighted by atomic mass is 16.6. The van der Waals surface area contributed by atoms with Crippen LogP contribution in [0.5, 0.6) is 0 Å². The Morgan fingerprint density at radius 1 is 1.10 bits per heavy atom. The molecule has 0 heterocycles. The van der Waals surface area contributed by atoms with Crippen LogP contribution in [0.25, 0.3) is 0 Å². The molecule has 0 aliphatic carbocycles. The number of alkyl carbamates (subject to hydrolysis) is 1. The number of carbonyl (C=O) groups excluding carboxylic acids is 2. The van der Waals surface area contributed by atoms with Crippen molar-refractivity contribution >= 4 is 12.1 Å². The molecule has 0 bridgehead atoms. The van der Waals surface area contributed by atoms with Crippen molar-refractivity contribution in [1.29, 1.82) is 0 Å². The van der Waals surface area contributed by atoms with E-state index in [2.05, 4.69) is 5.32 Å². The number of esters is 1. The van der Waals surface area contributed by atoms with Crippen molar-refractivity contribution in [3.05, 3.63) is 35.9 Å². The number of amides is 1. The van der Waals surface area contributed by atoms with Crippen LogP contribution in [-0.2, 0) is 20.9 Å². The van der Waals surface area contributed by atoms with Crippen LogP contribution in [0.3, 0.4) is 0 Å². The first-order valence-electron chi connectivity index (χ1n) is 7.31. The highest BCUT2D eigenvalue weighted by Crippen LogP contribution is 2.03. The van der Waals surface area contributed by atoms with E-state index in [9.17, 15) is 9.59 Å². The quantitative estimate of drug-likeness (QED) is 0.748. The van der Waals surface area contributed by atoms with Crippen LogP contribution in [0.4, 0.5) is 4.79 Å². The highest BCUT2D eigenvalue weighted by molar-refractivity contribution is 5.81. The van der Waals surface area contributed by atoms with Crippen LogP contribution >= 0.6 is 0 Å². The summed E-state index contributed by atoms with van der Waals surface area (Å²) in [6.07, 6.45) is 1.45. The van der Waals surface area contributed by atoms with Crippen molar-refractivity contribution in [2.75, 3.05) is 6.61 Å². The largest absolute Gasteiger partial charge is 0.464 e. The normalized spacial score (nSPS) is 11.5. The highest BCUT2D eigenvalue weighted by Gasteiger charge is 2.21. The first-order valence-corrected chi connectivity index (χ1v) is 7.31. The summed E-state index contributed by atoms with van der Waals surface area (Å²) in [5.74, 6) is -0.407. The standard InChI is InChI=1S/C16H23NO4/c1-3-8-14(15(18)20-11-4-2)17-16(19)21-12-13-9-6-5-7-10-13/h5-7,9-10,14H,3-4,8,11-12H2,1-2H3,(H,17,19). The van der Waals surface area contributed by atoms with E-state index in [0.29, 0.717) is 13.0 Å². The Labute approximate surface area is 125 Å². The third-order valence-corrected chi connectivity index (χ3v) is 2.82. The maximum Gasteiger partial charge on any atom is 0.408 e. The first kappa shape index (κ1) is 17.0. The fourth-order valence-corrected chi connectivity index (χ4v) is 1.75. The zero-order valence-electron chi connectivity index (χ0n) is 12.6. The van der Waals surface area contributed by atoms with Crippen molar-refractivity contribution in [2.45, 2.75) is 45.8 Å². The van der Waals surface area contributed by atoms with Crippen LogP contribution in [0.1, 0.15) is 38.7 Å². The van der Waals surface area contributed by atoms with Crippen molar-refractivity contribution in [3.8, 4) is 0 Å². The third-order valence-electron chi connectivity index (χ3n) is 2.82. The molecular weight excluding hydrogens is 270 g/mol. The summed E-state index contributed by atoms with van der Waals surface area (Å²) in [7, 11) is 0. The summed E-state index contributed by atoms with van der Waals surface area (Å²) in [5, 5.41) is 2.56. The van der Waals surface area contributed by atoms with Crippen LogP contribution < -0.4 is 5.32 Å². The number of benzene rings is 1. The Morgan fingerprint density at radius 2 is 1.81 bits per heavy atom. The van der Waals surface area contributed by atoms with E-state index in [1.54, 1.807) is 0 Å². The second-order valence-corrected chi connectivity index (χ2v) is 4.71. The van der Waals surface area contributed by atoms with E-state index in [1.807, 2.05) is 44.2 Å². The average molecular weight is 293 g/mol. The molecule has 1 rings (SSSR count). The molecule has 0 radical (unpaired) electrons. The second-order valence-electron chi connectivity index (χ2n) is 4.71. The van der Waals surface area contributed by atoms with Gasteiger partial charge in [-0.15, -0.1) is 0 Å². The fourth-order valence-electron chi connectivity index (χ4n) is 1.75. The van der Waals surface area contributed by atoms with Crippen molar-refractivity contribution < 1.29 is 19.1 Å². The second kappa shape index (κ2) is 9.80. The summed E-state index contributed by atoms with van der Waals surface area (Å²) in [5.41, 5.74) is 0.897. The predicted octanol–water partition coefficient (Wildman–Crippen LogP) is 3.03. The van der Waals surface area contributed by atoms with Gasteiger partial charge in [0.15, 0.2) is 0 Å². The zero-order valence-corrected chi connectivity index (χ0v) is 12.6. The summed E-state index contributed by atoms with van der Waals surface area (Å²) in [4.78, 5) is 23.5. The van der Waals surface area contributed by atoms with Crippen molar-refractivity contribution in [2.24, 2.45) is 0 Å². The van der Waals surface area contributed by atoms with Gasteiger partial charge in [-0.05, 0) is 18.4 Å². The maximum atomic E-state index is 11.8. The van der Waals surface area contributed by atoms with Gasteiger partial charge in [0.05, 0.1) is 6.61 Å². The van der Waals surface area contributed by atoms with E-state index >= 15 is 0 Å². The lowest BCUT2D eigenvalue weighted by atomic mass is 10.2. The number of hydrogen-bond donors (Lipinski definition) is 1. The molecule has 5 nitrogen and oxygen atoms in total. The summed E-state index contributed by atoms with van der Waals surface area (Å²) in [6, 6.07) is 8.73. The van der Waals surface area contributed by atoms with Crippen LogP contribution in [-0.4, -0.2) is 24.7 Å². The SMILES string of the molecule is CCCOC(=O)C(CCC)NC(=O)OCc1ccccc1. The lowest BCUT2D eigenvalue weighted by molar-refractivity contribution is -0.146. The Hall–Kier alpha value is -2.04. The van der Waals surface area contributed by atoms with E-state index in [0.717, 1.165) is 18.4 Å². The molecule has 5 heteroatoms. The molecule has 1 aromatic carbocycles. The van der Waals surface area contributed by atoms with Crippen LogP contribution in [0, 0.1) is 0 Å². The van der Waals surface area contributed by atoms with E-state index in [4.69, 9.17) is 9.47 Å². The molecule has 1 N–H and O–H groups in total. The van der Waals surface area contributed by atoms with Gasteiger partial charge in [-0.25, -0.2) is 9.59 Å². The van der Waals surface area contributed by atoms with E-state index < -0.39 is 18.1 Å². The lowest BCUT2D eigenvalue weighted by Gasteiger charge is -2.16. The number of ether oxygens (including phenoxy) is 2. The number of nitrogens with one attached hydrogen (secondary N) is 1. The van der Waals surface area contributed by atoms with Gasteiger partial charge in [-0.3, -0.25) is 0 Å². The minimum atomic E-state index is -0.648. The molecule has 1 atom stereocenters. The molecule has 1 unspecified atom stereocenters. The predicted molar refractivity (Wildman–Crippen MR) is 79.7 cm³/mol. The molecule has 0 fully saturated rings. The number of hydrogen-bond acceptors (Lipinski definition) is 4. The zero-order chi connectivity index (χ0) is 15.5. The van der Waals surface area contributed by atoms with E-state index in [1.165, 1.54) is 0 Å². The van der Waals surface area contributed by atoms with Crippen molar-refractivity contribution in [3.63, 3.8) is 0 Å². The molecule has 0 saturated carbocycles. The molecule has 0 spiro atoms. The van der Waals surface area contributed by atoms with Gasteiger partial charge in [-0.2, -0.15) is 0 Å². The molecule has 21 heavy (non-hydrogen) atoms. The Kier molecular flexibility index (Phi) is 7.94.